The van der Waals surface area contributed by atoms with Crippen molar-refractivity contribution in [2.75, 3.05) is 5.32 Å². The molecule has 1 atom stereocenters. The Hall–Kier alpha value is -4.31. The predicted molar refractivity (Wildman–Crippen MR) is 129 cm³/mol. The number of carbonyl (C=O) groups is 2. The fourth-order valence-corrected chi connectivity index (χ4v) is 4.29. The molecule has 0 unspecified atom stereocenters. The second-order valence-corrected chi connectivity index (χ2v) is 9.14. The highest BCUT2D eigenvalue weighted by Gasteiger charge is 2.36. The molecule has 2 heterocycles. The van der Waals surface area contributed by atoms with Crippen LogP contribution in [0.2, 0.25) is 5.02 Å². The van der Waals surface area contributed by atoms with Gasteiger partial charge in [0, 0.05) is 27.1 Å². The van der Waals surface area contributed by atoms with E-state index >= 15 is 0 Å². The van der Waals surface area contributed by atoms with E-state index < -0.39 is 11.9 Å². The Morgan fingerprint density at radius 2 is 1.92 bits per heavy atom. The zero-order chi connectivity index (χ0) is 25.2. The normalized spacial score (nSPS) is 13.8. The molecule has 36 heavy (non-hydrogen) atoms. The van der Waals surface area contributed by atoms with Crippen molar-refractivity contribution in [2.45, 2.75) is 25.2 Å². The van der Waals surface area contributed by atoms with Crippen molar-refractivity contribution >= 4 is 29.2 Å². The first kappa shape index (κ1) is 23.4. The summed E-state index contributed by atoms with van der Waals surface area (Å²) >= 11 is 6.24. The van der Waals surface area contributed by atoms with Crippen molar-refractivity contribution in [1.82, 2.24) is 20.2 Å². The molecular weight excluding hydrogens is 484 g/mol. The molecule has 0 saturated heterocycles. The molecule has 0 spiro atoms. The molecule has 4 aromatic rings. The number of hydrogen-bond donors (Lipinski definition) is 3. The topological polar surface area (TPSA) is 134 Å². The molecule has 0 aliphatic heterocycles. The number of rotatable bonds is 8. The number of carboxylic acids is 1. The molecule has 1 aliphatic carbocycles. The molecule has 10 nitrogen and oxygen atoms in total. The van der Waals surface area contributed by atoms with Gasteiger partial charge >= 0.3 is 5.97 Å². The third-order valence-electron chi connectivity index (χ3n) is 6.16. The van der Waals surface area contributed by atoms with Crippen LogP contribution in [0, 0.1) is 5.92 Å². The van der Waals surface area contributed by atoms with Gasteiger partial charge in [-0.15, -0.1) is 5.10 Å². The Bertz CT molecular complexity index is 1420. The zero-order valence-corrected chi connectivity index (χ0v) is 19.7. The monoisotopic (exact) mass is 505 g/mol. The van der Waals surface area contributed by atoms with Crippen LogP contribution >= 0.6 is 11.6 Å². The van der Waals surface area contributed by atoms with Gasteiger partial charge in [0.05, 0.1) is 16.8 Å². The Morgan fingerprint density at radius 1 is 1.14 bits per heavy atom. The second-order valence-electron chi connectivity index (χ2n) is 8.71. The quantitative estimate of drug-likeness (QED) is 0.245. The van der Waals surface area contributed by atoms with Gasteiger partial charge in [0.1, 0.15) is 12.2 Å². The fourth-order valence-electron chi connectivity index (χ4n) is 4.12. The molecule has 0 radical (unpaired) electrons. The van der Waals surface area contributed by atoms with Crippen LogP contribution in [-0.4, -0.2) is 42.4 Å². The number of amides is 1. The van der Waals surface area contributed by atoms with Gasteiger partial charge in [-0.3, -0.25) is 10.0 Å². The number of aromatic nitrogens is 5. The van der Waals surface area contributed by atoms with E-state index in [4.69, 9.17) is 16.7 Å². The number of benzene rings is 2. The van der Waals surface area contributed by atoms with E-state index in [1.54, 1.807) is 36.4 Å². The standard InChI is InChI=1S/C25H21ClN6O4/c26-18-6-10-22(31-14-27-29-30-31)20(12-18)17-5-9-23(32(36)13-17)21(11-15-1-2-15)24(33)28-19-7-3-16(4-8-19)25(34)35/h3-10,12-15,21H,1-2,11H2,(H2-,28,33,34,35,36)/p+1/t21-/m0/s1. The summed E-state index contributed by atoms with van der Waals surface area (Å²) in [4.78, 5) is 24.4. The van der Waals surface area contributed by atoms with Crippen molar-refractivity contribution in [2.24, 2.45) is 5.92 Å². The van der Waals surface area contributed by atoms with Crippen LogP contribution in [-0.2, 0) is 4.79 Å². The minimum atomic E-state index is -1.04. The molecule has 182 valence electrons. The Balaban J connectivity index is 1.45. The van der Waals surface area contributed by atoms with Crippen molar-refractivity contribution in [3.63, 3.8) is 0 Å². The van der Waals surface area contributed by atoms with Crippen LogP contribution in [0.4, 0.5) is 5.69 Å². The van der Waals surface area contributed by atoms with E-state index in [1.165, 1.54) is 29.3 Å². The number of nitrogens with zero attached hydrogens (tertiary/aromatic N) is 5. The van der Waals surface area contributed by atoms with Crippen molar-refractivity contribution in [1.29, 1.82) is 0 Å². The van der Waals surface area contributed by atoms with E-state index in [9.17, 15) is 14.8 Å². The smallest absolute Gasteiger partial charge is 0.335 e. The molecule has 1 fully saturated rings. The number of nitrogens with one attached hydrogen (secondary N) is 1. The summed E-state index contributed by atoms with van der Waals surface area (Å²) in [5.74, 6) is -1.51. The zero-order valence-electron chi connectivity index (χ0n) is 19.0. The second kappa shape index (κ2) is 9.74. The van der Waals surface area contributed by atoms with Gasteiger partial charge in [-0.25, -0.2) is 4.79 Å². The van der Waals surface area contributed by atoms with Crippen LogP contribution in [0.1, 0.15) is 41.2 Å². The minimum absolute atomic E-state index is 0.133. The minimum Gasteiger partial charge on any atom is -0.478 e. The van der Waals surface area contributed by atoms with Gasteiger partial charge in [-0.05, 0) is 71.3 Å². The van der Waals surface area contributed by atoms with Crippen LogP contribution < -0.4 is 10.0 Å². The number of anilines is 1. The first-order valence-electron chi connectivity index (χ1n) is 11.3. The lowest BCUT2D eigenvalue weighted by Crippen LogP contribution is -2.39. The van der Waals surface area contributed by atoms with Gasteiger partial charge < -0.3 is 10.4 Å². The molecule has 2 aromatic carbocycles. The number of aromatic carboxylic acids is 1. The maximum Gasteiger partial charge on any atom is 0.335 e. The first-order chi connectivity index (χ1) is 17.4. The Kier molecular flexibility index (Phi) is 6.34. The van der Waals surface area contributed by atoms with Gasteiger partial charge in [0.25, 0.3) is 0 Å². The summed E-state index contributed by atoms with van der Waals surface area (Å²) in [5.41, 5.74) is 3.09. The van der Waals surface area contributed by atoms with E-state index in [0.29, 0.717) is 45.6 Å². The highest BCUT2D eigenvalue weighted by Crippen LogP contribution is 2.39. The molecule has 1 aliphatic rings. The van der Waals surface area contributed by atoms with Crippen LogP contribution in [0.25, 0.3) is 16.8 Å². The number of carbonyl (C=O) groups excluding carboxylic acids is 1. The Morgan fingerprint density at radius 3 is 2.56 bits per heavy atom. The molecule has 0 bridgehead atoms. The van der Waals surface area contributed by atoms with E-state index in [-0.39, 0.29) is 11.5 Å². The highest BCUT2D eigenvalue weighted by molar-refractivity contribution is 6.31. The molecular formula is C25H22ClN6O4+. The lowest BCUT2D eigenvalue weighted by atomic mass is 9.95. The van der Waals surface area contributed by atoms with Crippen molar-refractivity contribution < 1.29 is 24.6 Å². The summed E-state index contributed by atoms with van der Waals surface area (Å²) in [6.45, 7) is 0. The average molecular weight is 506 g/mol. The number of halogens is 1. The van der Waals surface area contributed by atoms with Gasteiger partial charge in [0.15, 0.2) is 0 Å². The number of hydrogen-bond acceptors (Lipinski definition) is 6. The molecule has 2 aromatic heterocycles. The molecule has 1 saturated carbocycles. The third-order valence-corrected chi connectivity index (χ3v) is 6.40. The largest absolute Gasteiger partial charge is 0.478 e. The highest BCUT2D eigenvalue weighted by atomic mass is 35.5. The maximum atomic E-state index is 13.3. The maximum absolute atomic E-state index is 13.3. The van der Waals surface area contributed by atoms with E-state index in [0.717, 1.165) is 17.6 Å². The number of tetrazole rings is 1. The average Bonchev–Trinajstić information content (AvgIpc) is 3.52. The number of carboxylic acid groups (broad SMARTS) is 1. The fraction of sp³-hybridized carbons (Fsp3) is 0.200. The van der Waals surface area contributed by atoms with Crippen molar-refractivity contribution in [3.05, 3.63) is 83.4 Å². The van der Waals surface area contributed by atoms with Gasteiger partial charge in [-0.2, -0.15) is 4.68 Å². The molecule has 1 amide bonds. The van der Waals surface area contributed by atoms with Crippen LogP contribution in [0.15, 0.2) is 67.1 Å². The van der Waals surface area contributed by atoms with Gasteiger partial charge in [0.2, 0.25) is 17.8 Å². The molecule has 3 N–H and O–H groups in total. The Labute approximate surface area is 210 Å². The summed E-state index contributed by atoms with van der Waals surface area (Å²) in [5, 5.41) is 34.7. The molecule has 5 rings (SSSR count). The van der Waals surface area contributed by atoms with Crippen LogP contribution in [0.3, 0.4) is 0 Å². The van der Waals surface area contributed by atoms with E-state index in [2.05, 4.69) is 20.8 Å². The van der Waals surface area contributed by atoms with Crippen LogP contribution in [0.5, 0.6) is 0 Å². The summed E-state index contributed by atoms with van der Waals surface area (Å²) in [6.07, 6.45) is 5.67. The summed E-state index contributed by atoms with van der Waals surface area (Å²) in [7, 11) is 0. The number of pyridine rings is 1. The van der Waals surface area contributed by atoms with Crippen molar-refractivity contribution in [3.8, 4) is 16.8 Å². The van der Waals surface area contributed by atoms with E-state index in [1.807, 2.05) is 6.07 Å². The first-order valence-corrected chi connectivity index (χ1v) is 11.7. The molecule has 11 heteroatoms. The lowest BCUT2D eigenvalue weighted by molar-refractivity contribution is -0.909. The third kappa shape index (κ3) is 5.03. The SMILES string of the molecule is O=C(O)c1ccc(NC(=O)[C@@H](CC2CC2)c2ccc(-c3cc(Cl)ccc3-n3cnnn3)c[n+]2O)cc1. The lowest BCUT2D eigenvalue weighted by Gasteiger charge is -2.15. The predicted octanol–water partition coefficient (Wildman–Crippen LogP) is 3.73. The van der Waals surface area contributed by atoms with Gasteiger partial charge in [-0.1, -0.05) is 24.4 Å². The summed E-state index contributed by atoms with van der Waals surface area (Å²) in [6, 6.07) is 14.8. The summed E-state index contributed by atoms with van der Waals surface area (Å²) < 4.78 is 2.47.